The summed E-state index contributed by atoms with van der Waals surface area (Å²) in [6, 6.07) is 25.9. The van der Waals surface area contributed by atoms with Crippen molar-refractivity contribution in [2.45, 2.75) is 37.4 Å². The van der Waals surface area contributed by atoms with Crippen molar-refractivity contribution in [1.29, 1.82) is 0 Å². The van der Waals surface area contributed by atoms with Gasteiger partial charge < -0.3 is 15.7 Å². The fourth-order valence-electron chi connectivity index (χ4n) is 5.40. The second-order valence-electron chi connectivity index (χ2n) is 9.54. The quantitative estimate of drug-likeness (QED) is 0.217. The maximum Gasteiger partial charge on any atom is 0.162 e. The van der Waals surface area contributed by atoms with Gasteiger partial charge in [0.2, 0.25) is 0 Å². The average molecular weight is 578 g/mol. The molecule has 3 aromatic carbocycles. The van der Waals surface area contributed by atoms with E-state index in [9.17, 15) is 9.66 Å². The number of thioether (sulfide) groups is 1. The van der Waals surface area contributed by atoms with Gasteiger partial charge in [-0.3, -0.25) is 8.74 Å². The molecule has 0 aromatic heterocycles. The Balaban J connectivity index is 1.87. The number of allylic oxidation sites excluding steroid dienone is 1. The van der Waals surface area contributed by atoms with Gasteiger partial charge in [-0.1, -0.05) is 85.9 Å². The van der Waals surface area contributed by atoms with E-state index in [1.165, 1.54) is 18.0 Å². The Labute approximate surface area is 244 Å². The van der Waals surface area contributed by atoms with Crippen molar-refractivity contribution in [2.24, 2.45) is 5.73 Å². The van der Waals surface area contributed by atoms with Crippen LogP contribution >= 0.6 is 22.5 Å². The lowest BCUT2D eigenvalue weighted by Crippen LogP contribution is -2.43. The third kappa shape index (κ3) is 5.61. The van der Waals surface area contributed by atoms with E-state index in [1.54, 1.807) is 19.4 Å². The summed E-state index contributed by atoms with van der Waals surface area (Å²) in [6.07, 6.45) is 3.35. The van der Waals surface area contributed by atoms with Gasteiger partial charge in [0.15, 0.2) is 5.72 Å². The maximum atomic E-state index is 12.5. The Kier molecular flexibility index (Phi) is 9.51. The molecule has 0 saturated carbocycles. The van der Waals surface area contributed by atoms with E-state index in [-0.39, 0.29) is 6.04 Å². The highest BCUT2D eigenvalue weighted by atomic mass is 32.3. The largest absolute Gasteiger partial charge is 0.404 e. The molecule has 1 aliphatic heterocycles. The summed E-state index contributed by atoms with van der Waals surface area (Å²) in [5.41, 5.74) is 8.81. The van der Waals surface area contributed by atoms with Crippen LogP contribution in [-0.4, -0.2) is 39.9 Å². The third-order valence-corrected chi connectivity index (χ3v) is 10.3. The predicted octanol–water partition coefficient (Wildman–Crippen LogP) is 7.52. The van der Waals surface area contributed by atoms with Gasteiger partial charge in [-0.05, 0) is 54.7 Å². The summed E-state index contributed by atoms with van der Waals surface area (Å²) in [6.45, 7) is 11.1. The van der Waals surface area contributed by atoms with Crippen molar-refractivity contribution >= 4 is 33.8 Å². The molecule has 212 valence electrons. The molecule has 1 heterocycles. The summed E-state index contributed by atoms with van der Waals surface area (Å²) in [5.74, 6) is 0. The lowest BCUT2D eigenvalue weighted by molar-refractivity contribution is 0.124. The Morgan fingerprint density at radius 1 is 1.10 bits per heavy atom. The van der Waals surface area contributed by atoms with Gasteiger partial charge in [-0.2, -0.15) is 4.31 Å². The van der Waals surface area contributed by atoms with E-state index in [2.05, 4.69) is 30.8 Å². The van der Waals surface area contributed by atoms with E-state index < -0.39 is 16.5 Å². The molecule has 0 saturated heterocycles. The molecule has 4 rings (SSSR count). The second-order valence-corrected chi connectivity index (χ2v) is 12.8. The van der Waals surface area contributed by atoms with Gasteiger partial charge in [0, 0.05) is 41.0 Å². The Bertz CT molecular complexity index is 1340. The van der Waals surface area contributed by atoms with Crippen LogP contribution in [0.25, 0.3) is 5.57 Å². The van der Waals surface area contributed by atoms with Crippen molar-refractivity contribution in [3.63, 3.8) is 0 Å². The average Bonchev–Trinajstić information content (AvgIpc) is 3.19. The highest BCUT2D eigenvalue weighted by molar-refractivity contribution is 8.23. The molecule has 1 aliphatic rings. The zero-order chi connectivity index (χ0) is 28.9. The van der Waals surface area contributed by atoms with Crippen LogP contribution in [0.5, 0.6) is 0 Å². The van der Waals surface area contributed by atoms with Crippen molar-refractivity contribution in [1.82, 2.24) is 4.31 Å². The van der Waals surface area contributed by atoms with Crippen LogP contribution in [0.1, 0.15) is 43.5 Å². The van der Waals surface area contributed by atoms with E-state index in [4.69, 9.17) is 9.92 Å². The smallest absolute Gasteiger partial charge is 0.162 e. The molecule has 6 nitrogen and oxygen atoms in total. The fourth-order valence-corrected chi connectivity index (χ4v) is 7.89. The molecule has 2 atom stereocenters. The van der Waals surface area contributed by atoms with Gasteiger partial charge in [0.05, 0.1) is 18.0 Å². The molecule has 8 heteroatoms. The van der Waals surface area contributed by atoms with E-state index in [0.717, 1.165) is 27.3 Å². The number of hydrogen-bond acceptors (Lipinski definition) is 7. The summed E-state index contributed by atoms with van der Waals surface area (Å²) in [5, 5.41) is 13.4. The first kappa shape index (κ1) is 30.0. The van der Waals surface area contributed by atoms with Crippen LogP contribution in [-0.2, 0) is 4.18 Å². The SMILES string of the molecule is C=C(/C=C1\c2cc(S(O)(OC)N(CC)C(c3ccccc3)c3ccccc3)ccc2N(CC)C1(C)O)S/C=C\N. The van der Waals surface area contributed by atoms with E-state index >= 15 is 0 Å². The lowest BCUT2D eigenvalue weighted by atomic mass is 9.99. The lowest BCUT2D eigenvalue weighted by Gasteiger charge is -2.49. The molecule has 0 fully saturated rings. The molecule has 4 N–H and O–H groups in total. The van der Waals surface area contributed by atoms with Gasteiger partial charge >= 0.3 is 0 Å². The maximum absolute atomic E-state index is 12.5. The van der Waals surface area contributed by atoms with Gasteiger partial charge in [-0.25, -0.2) is 0 Å². The topological polar surface area (TPSA) is 82.2 Å². The number of fused-ring (bicyclic) bond motifs is 1. The second kappa shape index (κ2) is 12.7. The first-order valence-electron chi connectivity index (χ1n) is 13.3. The number of nitrogens with zero attached hydrogens (tertiary/aromatic N) is 2. The Morgan fingerprint density at radius 3 is 2.20 bits per heavy atom. The predicted molar refractivity (Wildman–Crippen MR) is 171 cm³/mol. The first-order chi connectivity index (χ1) is 19.2. The molecule has 40 heavy (non-hydrogen) atoms. The van der Waals surface area contributed by atoms with Crippen LogP contribution < -0.4 is 10.6 Å². The zero-order valence-corrected chi connectivity index (χ0v) is 25.2. The van der Waals surface area contributed by atoms with Gasteiger partial charge in [-0.15, -0.1) is 10.8 Å². The van der Waals surface area contributed by atoms with Gasteiger partial charge in [0.25, 0.3) is 0 Å². The van der Waals surface area contributed by atoms with E-state index in [0.29, 0.717) is 23.6 Å². The number of rotatable bonds is 11. The highest BCUT2D eigenvalue weighted by Crippen LogP contribution is 2.61. The minimum absolute atomic E-state index is 0.245. The number of anilines is 1. The molecule has 0 spiro atoms. The summed E-state index contributed by atoms with van der Waals surface area (Å²) in [7, 11) is -1.38. The summed E-state index contributed by atoms with van der Waals surface area (Å²) >= 11 is 1.39. The number of nitrogens with two attached hydrogens (primary N) is 1. The molecular formula is C32H39N3O3S2. The van der Waals surface area contributed by atoms with Gasteiger partial charge in [0.1, 0.15) is 0 Å². The molecule has 0 aliphatic carbocycles. The molecule has 3 aromatic rings. The minimum atomic E-state index is -2.94. The molecule has 0 radical (unpaired) electrons. The number of hydrogen-bond donors (Lipinski definition) is 3. The van der Waals surface area contributed by atoms with Crippen molar-refractivity contribution < 1.29 is 13.8 Å². The zero-order valence-electron chi connectivity index (χ0n) is 23.5. The molecular weight excluding hydrogens is 539 g/mol. The summed E-state index contributed by atoms with van der Waals surface area (Å²) < 4.78 is 20.6. The van der Waals surface area contributed by atoms with Crippen molar-refractivity contribution in [2.75, 3.05) is 25.1 Å². The first-order valence-corrected chi connectivity index (χ1v) is 15.6. The van der Waals surface area contributed by atoms with Crippen molar-refractivity contribution in [3.8, 4) is 0 Å². The van der Waals surface area contributed by atoms with Crippen LogP contribution in [0.2, 0.25) is 0 Å². The fraction of sp³-hybridized carbons (Fsp3) is 0.250. The van der Waals surface area contributed by atoms with Crippen molar-refractivity contribution in [3.05, 3.63) is 125 Å². The minimum Gasteiger partial charge on any atom is -0.404 e. The van der Waals surface area contributed by atoms with Crippen LogP contribution in [0, 0.1) is 0 Å². The van der Waals surface area contributed by atoms with E-state index in [1.807, 2.05) is 83.7 Å². The molecule has 0 bridgehead atoms. The molecule has 0 amide bonds. The standard InChI is InChI=1S/C32H39N3O3S2/c1-6-34-30-19-18-27(23-28(30)29(32(34,4)36)22-24(3)39-21-20-33)40(37,38-5)35(7-2)31(25-14-10-8-11-15-25)26-16-12-9-13-17-26/h8-23,31,36-37H,3,6-7,33H2,1-2,4-5H3/b21-20-,29-22+. The third-order valence-electron chi connectivity index (χ3n) is 7.19. The Hall–Kier alpha value is -2.98. The highest BCUT2D eigenvalue weighted by Gasteiger charge is 2.43. The van der Waals surface area contributed by atoms with Crippen LogP contribution in [0.15, 0.2) is 113 Å². The Morgan fingerprint density at radius 2 is 1.70 bits per heavy atom. The number of likely N-dealkylation sites (N-methyl/N-ethyl adjacent to an activating group) is 1. The number of aliphatic hydroxyl groups is 1. The number of benzene rings is 3. The normalized spacial score (nSPS) is 20.3. The van der Waals surface area contributed by atoms with Crippen LogP contribution in [0.4, 0.5) is 5.69 Å². The molecule has 2 unspecified atom stereocenters. The van der Waals surface area contributed by atoms with Crippen LogP contribution in [0.3, 0.4) is 0 Å². The summed E-state index contributed by atoms with van der Waals surface area (Å²) in [4.78, 5) is 3.33. The monoisotopic (exact) mass is 577 g/mol.